The third-order valence-electron chi connectivity index (χ3n) is 6.09. The molecule has 3 aromatic rings. The van der Waals surface area contributed by atoms with Gasteiger partial charge in [-0.3, -0.25) is 4.79 Å². The molecule has 0 unspecified atom stereocenters. The quantitative estimate of drug-likeness (QED) is 0.555. The van der Waals surface area contributed by atoms with E-state index in [1.54, 1.807) is 13.8 Å². The van der Waals surface area contributed by atoms with E-state index >= 15 is 0 Å². The summed E-state index contributed by atoms with van der Waals surface area (Å²) in [7, 11) is 0. The van der Waals surface area contributed by atoms with Gasteiger partial charge in [0, 0.05) is 30.9 Å². The van der Waals surface area contributed by atoms with Crippen molar-refractivity contribution in [3.8, 4) is 5.75 Å². The molecule has 4 rings (SSSR count). The van der Waals surface area contributed by atoms with Crippen molar-refractivity contribution < 1.29 is 22.7 Å². The van der Waals surface area contributed by atoms with E-state index in [1.165, 1.54) is 0 Å². The van der Waals surface area contributed by atoms with Gasteiger partial charge in [-0.2, -0.15) is 18.2 Å². The predicted molar refractivity (Wildman–Crippen MR) is 115 cm³/mol. The number of likely N-dealkylation sites (tertiary alicyclic amines) is 1. The molecule has 2 aromatic heterocycles. The van der Waals surface area contributed by atoms with Crippen molar-refractivity contribution in [2.24, 2.45) is 5.92 Å². The monoisotopic (exact) mass is 461 g/mol. The molecule has 1 fully saturated rings. The molecule has 7 nitrogen and oxygen atoms in total. The first-order valence-electron chi connectivity index (χ1n) is 11.0. The fraction of sp³-hybridized carbons (Fsp3) is 0.478. The molecule has 1 aromatic carbocycles. The number of hydrogen-bond acceptors (Lipinski definition) is 5. The largest absolute Gasteiger partial charge is 0.493 e. The van der Waals surface area contributed by atoms with E-state index in [-0.39, 0.29) is 18.1 Å². The number of fused-ring (bicyclic) bond motifs is 1. The first-order chi connectivity index (χ1) is 15.7. The number of carbonyl (C=O) groups is 1. The smallest absolute Gasteiger partial charge is 0.453 e. The van der Waals surface area contributed by atoms with Crippen LogP contribution in [0.4, 0.5) is 13.2 Å². The molecule has 176 valence electrons. The molecule has 3 heterocycles. The molecule has 33 heavy (non-hydrogen) atoms. The summed E-state index contributed by atoms with van der Waals surface area (Å²) in [5, 5.41) is 3.56. The van der Waals surface area contributed by atoms with Gasteiger partial charge in [-0.15, -0.1) is 5.10 Å². The Balaban J connectivity index is 1.32. The molecule has 0 saturated carbocycles. The maximum atomic E-state index is 13.0. The fourth-order valence-electron chi connectivity index (χ4n) is 4.16. The van der Waals surface area contributed by atoms with Crippen LogP contribution in [0.25, 0.3) is 5.78 Å². The van der Waals surface area contributed by atoms with Crippen molar-refractivity contribution in [3.05, 3.63) is 53.1 Å². The van der Waals surface area contributed by atoms with Crippen LogP contribution < -0.4 is 4.74 Å². The minimum absolute atomic E-state index is 0.0332. The van der Waals surface area contributed by atoms with Gasteiger partial charge in [0.25, 0.3) is 11.6 Å². The lowest BCUT2D eigenvalue weighted by Crippen LogP contribution is -2.39. The van der Waals surface area contributed by atoms with Gasteiger partial charge in [-0.1, -0.05) is 18.2 Å². The highest BCUT2D eigenvalue weighted by Gasteiger charge is 2.37. The number of piperidine rings is 1. The number of nitrogens with zero attached hydrogens (tertiary/aromatic N) is 5. The van der Waals surface area contributed by atoms with E-state index < -0.39 is 12.0 Å². The van der Waals surface area contributed by atoms with Crippen LogP contribution in [0, 0.1) is 19.8 Å². The average Bonchev–Trinajstić information content (AvgIpc) is 3.23. The SMILES string of the molecule is Cc1nc2nc(C(F)(F)F)nn2c(C)c1CCC(=O)N1CCC(COc2ccccc2)CC1. The summed E-state index contributed by atoms with van der Waals surface area (Å²) in [6.07, 6.45) is -2.23. The summed E-state index contributed by atoms with van der Waals surface area (Å²) in [5.41, 5.74) is 1.80. The van der Waals surface area contributed by atoms with Gasteiger partial charge in [0.2, 0.25) is 5.91 Å². The fourth-order valence-corrected chi connectivity index (χ4v) is 4.16. The Kier molecular flexibility index (Phi) is 6.53. The van der Waals surface area contributed by atoms with Crippen LogP contribution in [0.3, 0.4) is 0 Å². The van der Waals surface area contributed by atoms with Crippen molar-refractivity contribution in [2.75, 3.05) is 19.7 Å². The standard InChI is InChI=1S/C23H26F3N5O2/c1-15-19(16(2)31-22(27-15)28-21(29-31)23(24,25)26)8-9-20(32)30-12-10-17(11-13-30)14-33-18-6-4-3-5-7-18/h3-7,17H,8-14H2,1-2H3. The molecule has 1 aliphatic heterocycles. The molecule has 0 atom stereocenters. The molecule has 1 amide bonds. The molecule has 0 bridgehead atoms. The predicted octanol–water partition coefficient (Wildman–Crippen LogP) is 4.01. The van der Waals surface area contributed by atoms with E-state index in [2.05, 4.69) is 15.1 Å². The summed E-state index contributed by atoms with van der Waals surface area (Å²) in [6, 6.07) is 9.67. The van der Waals surface area contributed by atoms with Crippen molar-refractivity contribution >= 4 is 11.7 Å². The van der Waals surface area contributed by atoms with Crippen LogP contribution in [0.2, 0.25) is 0 Å². The van der Waals surface area contributed by atoms with Crippen LogP contribution in [0.5, 0.6) is 5.75 Å². The number of carbonyl (C=O) groups excluding carboxylic acids is 1. The second-order valence-electron chi connectivity index (χ2n) is 8.35. The Hall–Kier alpha value is -3.17. The number of alkyl halides is 3. The summed E-state index contributed by atoms with van der Waals surface area (Å²) in [4.78, 5) is 22.3. The van der Waals surface area contributed by atoms with E-state index in [0.29, 0.717) is 43.4 Å². The topological polar surface area (TPSA) is 72.6 Å². The first-order valence-corrected chi connectivity index (χ1v) is 11.0. The zero-order valence-corrected chi connectivity index (χ0v) is 18.6. The molecule has 0 aliphatic carbocycles. The summed E-state index contributed by atoms with van der Waals surface area (Å²) in [5.74, 6) is -0.0227. The van der Waals surface area contributed by atoms with Gasteiger partial charge < -0.3 is 9.64 Å². The number of ether oxygens (including phenoxy) is 1. The van der Waals surface area contributed by atoms with Crippen molar-refractivity contribution in [1.82, 2.24) is 24.5 Å². The van der Waals surface area contributed by atoms with Crippen LogP contribution in [0.15, 0.2) is 30.3 Å². The van der Waals surface area contributed by atoms with Crippen molar-refractivity contribution in [3.63, 3.8) is 0 Å². The van der Waals surface area contributed by atoms with E-state index in [0.717, 1.165) is 28.7 Å². The first kappa shape index (κ1) is 23.0. The number of aryl methyl sites for hydroxylation is 2. The normalized spacial score (nSPS) is 15.2. The number of hydrogen-bond donors (Lipinski definition) is 0. The summed E-state index contributed by atoms with van der Waals surface area (Å²) < 4.78 is 45.8. The molecule has 0 N–H and O–H groups in total. The average molecular weight is 461 g/mol. The van der Waals surface area contributed by atoms with Crippen molar-refractivity contribution in [1.29, 1.82) is 0 Å². The number of rotatable bonds is 6. The van der Waals surface area contributed by atoms with Crippen LogP contribution in [0.1, 0.15) is 42.0 Å². The summed E-state index contributed by atoms with van der Waals surface area (Å²) >= 11 is 0. The van der Waals surface area contributed by atoms with Gasteiger partial charge in [-0.05, 0) is 56.7 Å². The van der Waals surface area contributed by atoms with Gasteiger partial charge in [0.1, 0.15) is 5.75 Å². The maximum Gasteiger partial charge on any atom is 0.453 e. The number of para-hydroxylation sites is 1. The zero-order chi connectivity index (χ0) is 23.6. The van der Waals surface area contributed by atoms with Gasteiger partial charge in [0.05, 0.1) is 6.61 Å². The Labute approximate surface area is 189 Å². The Morgan fingerprint density at radius 2 is 1.82 bits per heavy atom. The van der Waals surface area contributed by atoms with Gasteiger partial charge >= 0.3 is 6.18 Å². The zero-order valence-electron chi connectivity index (χ0n) is 18.6. The Morgan fingerprint density at radius 1 is 1.12 bits per heavy atom. The highest BCUT2D eigenvalue weighted by molar-refractivity contribution is 5.76. The lowest BCUT2D eigenvalue weighted by Gasteiger charge is -2.32. The molecule has 0 radical (unpaired) electrons. The second-order valence-corrected chi connectivity index (χ2v) is 8.35. The number of benzene rings is 1. The number of aromatic nitrogens is 4. The minimum atomic E-state index is -4.64. The Morgan fingerprint density at radius 3 is 2.48 bits per heavy atom. The van der Waals surface area contributed by atoms with E-state index in [4.69, 9.17) is 4.74 Å². The lowest BCUT2D eigenvalue weighted by atomic mass is 9.97. The minimum Gasteiger partial charge on any atom is -0.493 e. The third kappa shape index (κ3) is 5.26. The molecular weight excluding hydrogens is 435 g/mol. The molecule has 10 heteroatoms. The van der Waals surface area contributed by atoms with Crippen LogP contribution >= 0.6 is 0 Å². The molecule has 1 saturated heterocycles. The Bertz CT molecular complexity index is 1120. The second kappa shape index (κ2) is 9.36. The van der Waals surface area contributed by atoms with E-state index in [9.17, 15) is 18.0 Å². The van der Waals surface area contributed by atoms with Crippen molar-refractivity contribution in [2.45, 2.75) is 45.7 Å². The van der Waals surface area contributed by atoms with Gasteiger partial charge in [-0.25, -0.2) is 9.50 Å². The number of halogens is 3. The highest BCUT2D eigenvalue weighted by atomic mass is 19.4. The third-order valence-corrected chi connectivity index (χ3v) is 6.09. The summed E-state index contributed by atoms with van der Waals surface area (Å²) in [6.45, 7) is 5.37. The lowest BCUT2D eigenvalue weighted by molar-refractivity contribution is -0.144. The van der Waals surface area contributed by atoms with Crippen LogP contribution in [-0.2, 0) is 17.4 Å². The molecule has 0 spiro atoms. The molecule has 1 aliphatic rings. The highest BCUT2D eigenvalue weighted by Crippen LogP contribution is 2.27. The molecular formula is C23H26F3N5O2. The maximum absolute atomic E-state index is 13.0. The van der Waals surface area contributed by atoms with E-state index in [1.807, 2.05) is 35.2 Å². The number of amides is 1. The van der Waals surface area contributed by atoms with Crippen LogP contribution in [-0.4, -0.2) is 50.1 Å². The van der Waals surface area contributed by atoms with Gasteiger partial charge in [0.15, 0.2) is 0 Å².